The number of terminal acetylenes is 2. The van der Waals surface area contributed by atoms with Crippen molar-refractivity contribution in [2.24, 2.45) is 5.73 Å². The van der Waals surface area contributed by atoms with E-state index in [1.54, 1.807) is 24.3 Å². The van der Waals surface area contributed by atoms with E-state index in [-0.39, 0.29) is 23.7 Å². The molecule has 4 aliphatic rings. The van der Waals surface area contributed by atoms with Crippen LogP contribution in [-0.4, -0.2) is 120 Å². The standard InChI is InChI=1S/C19H25NOS.C17H19FN2O2.C16H24N2O.C13H17N.C12H13N.C10H17N3S/c1-2-11-20(12-10-17-6-4-13-22-17)16-8-9-18-15(14-16)5-3-7-19(18)21;1-12(17(19)21)20-10-13-5-7-16(8-6-13)22-11-14-3-2-4-15(18)9-14;1-3-9-18(10-4-2)11-8-13-6-5-7-15-14(13)12-16(19)17-15;1-4-10-14(3)12(2)11-13-8-6-5-7-9-13;1-2-9-13-12-8-7-10-5-3-4-6-11(10)12;1-2-5-12-7-3-4-8-9(6-7)14-10(11)13-8/h3-7,13,16,21H,2,8-12,14H2,1H3;2-9,12,20H,10-11H2,1H3,(H2,19,21);5-7H,3-4,8-12H2,1-2H3,(H,17,19);1,5-9,12H,10-11H2,2-3H3;1,3-6,12-13H,7-9H2;7,12H,2-6H2,1H3,(H2,11,13)/t16-;12-;;2*12-;7-/m00.110/s1. The topological polar surface area (TPSA) is 186 Å². The van der Waals surface area contributed by atoms with Crippen molar-refractivity contribution >= 4 is 45.3 Å². The van der Waals surface area contributed by atoms with Gasteiger partial charge in [0.1, 0.15) is 23.9 Å². The maximum absolute atomic E-state index is 13.1. The number of rotatable bonds is 29. The molecule has 104 heavy (non-hydrogen) atoms. The Hall–Kier alpha value is -8.20. The number of aromatic hydroxyl groups is 1. The molecule has 12 rings (SSSR count). The summed E-state index contributed by atoms with van der Waals surface area (Å²) in [7, 11) is 2.06. The van der Waals surface area contributed by atoms with Crippen molar-refractivity contribution in [1.82, 2.24) is 35.6 Å². The van der Waals surface area contributed by atoms with Crippen LogP contribution in [0.15, 0.2) is 157 Å². The van der Waals surface area contributed by atoms with Gasteiger partial charge in [-0.05, 0) is 241 Å². The number of thiophene rings is 1. The molecule has 556 valence electrons. The predicted molar refractivity (Wildman–Crippen MR) is 432 cm³/mol. The number of thiazole rings is 1. The Bertz CT molecular complexity index is 3890. The number of likely N-dealkylation sites (N-methyl/N-ethyl adjacent to an activating group) is 1. The highest BCUT2D eigenvalue weighted by atomic mass is 32.1. The summed E-state index contributed by atoms with van der Waals surface area (Å²) in [6.45, 7) is 21.9. The molecule has 0 spiro atoms. The molecule has 8 aromatic rings. The van der Waals surface area contributed by atoms with Gasteiger partial charge in [0.05, 0.1) is 31.2 Å². The summed E-state index contributed by atoms with van der Waals surface area (Å²) in [5.41, 5.74) is 24.2. The van der Waals surface area contributed by atoms with Crippen molar-refractivity contribution < 1.29 is 23.8 Å². The molecule has 2 amide bonds. The molecular formula is C87H115FN10O4S2. The number of hydrogen-bond acceptors (Lipinski definition) is 14. The zero-order valence-corrected chi connectivity index (χ0v) is 64.4. The second-order valence-electron chi connectivity index (χ2n) is 27.4. The Kier molecular flexibility index (Phi) is 36.7. The summed E-state index contributed by atoms with van der Waals surface area (Å²) in [5.74, 6) is 5.94. The van der Waals surface area contributed by atoms with Crippen LogP contribution in [0.25, 0.3) is 0 Å². The molecule has 3 heterocycles. The SMILES string of the molecule is C#CCN(C)[C@H](C)Cc1ccccc1.C#CCN[C@@H]1CCc2ccccc21.CCCN(CCC)CCc1cccc2c1CC(=O)N2.CCCN(CCc1cccs1)[C@H]1CCc2c(O)cccc2C1.CCCN[C@H]1CCc2nc(N)sc2C1.C[C@H](NCc1ccc(OCc2cccc(F)c2)cc1)C(N)=O. The van der Waals surface area contributed by atoms with Crippen LogP contribution >= 0.6 is 22.7 Å². The number of amides is 2. The number of aryl methyl sites for hydroxylation is 2. The van der Waals surface area contributed by atoms with E-state index in [1.165, 1.54) is 131 Å². The highest BCUT2D eigenvalue weighted by molar-refractivity contribution is 7.15. The number of nitrogens with zero attached hydrogens (tertiary/aromatic N) is 4. The van der Waals surface area contributed by atoms with Gasteiger partial charge < -0.3 is 42.2 Å². The lowest BCUT2D eigenvalue weighted by Gasteiger charge is -2.35. The highest BCUT2D eigenvalue weighted by Crippen LogP contribution is 2.33. The number of carbonyl (C=O) groups excluding carboxylic acids is 2. The monoisotopic (exact) mass is 1450 g/mol. The fourth-order valence-electron chi connectivity index (χ4n) is 13.5. The van der Waals surface area contributed by atoms with Gasteiger partial charge in [-0.25, -0.2) is 9.37 Å². The molecule has 0 fully saturated rings. The first kappa shape index (κ1) is 83.1. The zero-order chi connectivity index (χ0) is 74.4. The Morgan fingerprint density at radius 1 is 0.750 bits per heavy atom. The van der Waals surface area contributed by atoms with Crippen molar-refractivity contribution in [3.8, 4) is 36.2 Å². The average Bonchev–Trinajstić information content (AvgIpc) is 1.37. The van der Waals surface area contributed by atoms with Crippen LogP contribution in [0.3, 0.4) is 0 Å². The summed E-state index contributed by atoms with van der Waals surface area (Å²) >= 11 is 3.51. The van der Waals surface area contributed by atoms with Gasteiger partial charge >= 0.3 is 0 Å². The summed E-state index contributed by atoms with van der Waals surface area (Å²) in [6, 6.07) is 51.3. The maximum Gasteiger partial charge on any atom is 0.234 e. The number of phenolic OH excluding ortho intramolecular Hbond substituents is 1. The lowest BCUT2D eigenvalue weighted by atomic mass is 9.86. The Labute approximate surface area is 629 Å². The van der Waals surface area contributed by atoms with E-state index in [2.05, 4.69) is 173 Å². The Balaban J connectivity index is 0.000000177. The van der Waals surface area contributed by atoms with Gasteiger partial charge in [0, 0.05) is 59.2 Å². The first-order chi connectivity index (χ1) is 50.5. The fraction of sp³-hybridized carbons (Fsp3) is 0.437. The molecule has 0 unspecified atom stereocenters. The molecule has 17 heteroatoms. The number of hydrogen-bond donors (Lipinski definition) is 7. The number of fused-ring (bicyclic) bond motifs is 4. The predicted octanol–water partition coefficient (Wildman–Crippen LogP) is 15.1. The Morgan fingerprint density at radius 3 is 2.19 bits per heavy atom. The molecule has 14 nitrogen and oxygen atoms in total. The Morgan fingerprint density at radius 2 is 1.48 bits per heavy atom. The van der Waals surface area contributed by atoms with Gasteiger partial charge in [0.25, 0.3) is 0 Å². The third-order valence-corrected chi connectivity index (χ3v) is 21.2. The second-order valence-corrected chi connectivity index (χ2v) is 29.5. The summed E-state index contributed by atoms with van der Waals surface area (Å²) in [4.78, 5) is 37.0. The molecule has 2 aromatic heterocycles. The zero-order valence-electron chi connectivity index (χ0n) is 62.7. The molecule has 1 aliphatic heterocycles. The van der Waals surface area contributed by atoms with Crippen molar-refractivity contribution in [2.75, 3.05) is 70.5 Å². The molecule has 0 bridgehead atoms. The van der Waals surface area contributed by atoms with Crippen molar-refractivity contribution in [2.45, 2.75) is 188 Å². The number of primary amides is 1. The minimum Gasteiger partial charge on any atom is -0.508 e. The van der Waals surface area contributed by atoms with E-state index in [0.717, 1.165) is 92.9 Å². The van der Waals surface area contributed by atoms with Crippen LogP contribution in [-0.2, 0) is 80.5 Å². The molecule has 9 N–H and O–H groups in total. The van der Waals surface area contributed by atoms with Crippen LogP contribution in [0.2, 0.25) is 0 Å². The largest absolute Gasteiger partial charge is 0.508 e. The number of aromatic nitrogens is 1. The molecule has 3 aliphatic carbocycles. The van der Waals surface area contributed by atoms with Crippen LogP contribution in [0.1, 0.15) is 158 Å². The van der Waals surface area contributed by atoms with E-state index in [0.29, 0.717) is 68.3 Å². The molecule has 0 saturated carbocycles. The van der Waals surface area contributed by atoms with E-state index in [4.69, 9.17) is 29.1 Å². The number of ether oxygens (including phenoxy) is 1. The summed E-state index contributed by atoms with van der Waals surface area (Å²) < 4.78 is 18.7. The van der Waals surface area contributed by atoms with Gasteiger partial charge in [0.15, 0.2) is 5.13 Å². The third-order valence-electron chi connectivity index (χ3n) is 19.3. The van der Waals surface area contributed by atoms with Gasteiger partial charge in [0.2, 0.25) is 11.8 Å². The fourth-order valence-corrected chi connectivity index (χ4v) is 15.2. The second kappa shape index (κ2) is 45.9. The van der Waals surface area contributed by atoms with Gasteiger partial charge in [-0.15, -0.1) is 35.5 Å². The van der Waals surface area contributed by atoms with E-state index in [9.17, 15) is 19.1 Å². The van der Waals surface area contributed by atoms with Crippen molar-refractivity contribution in [1.29, 1.82) is 0 Å². The van der Waals surface area contributed by atoms with Crippen LogP contribution < -0.4 is 37.5 Å². The molecule has 0 radical (unpaired) electrons. The lowest BCUT2D eigenvalue weighted by Crippen LogP contribution is -2.41. The summed E-state index contributed by atoms with van der Waals surface area (Å²) in [6.07, 6.45) is 28.1. The van der Waals surface area contributed by atoms with Crippen LogP contribution in [0, 0.1) is 30.5 Å². The van der Waals surface area contributed by atoms with E-state index < -0.39 is 0 Å². The van der Waals surface area contributed by atoms with E-state index in [1.807, 2.05) is 72.0 Å². The third kappa shape index (κ3) is 28.4. The number of anilines is 2. The average molecular weight is 1450 g/mol. The molecule has 6 aromatic carbocycles. The molecule has 0 saturated heterocycles. The van der Waals surface area contributed by atoms with Crippen LogP contribution in [0.4, 0.5) is 15.2 Å². The smallest absolute Gasteiger partial charge is 0.234 e. The molecular weight excluding hydrogens is 1330 g/mol. The number of nitrogens with two attached hydrogens (primary N) is 2. The minimum absolute atomic E-state index is 0.126. The normalized spacial score (nSPS) is 15.7. The minimum atomic E-state index is -0.380. The maximum atomic E-state index is 13.1. The number of phenols is 1. The van der Waals surface area contributed by atoms with Gasteiger partial charge in [-0.2, -0.15) is 0 Å². The lowest BCUT2D eigenvalue weighted by molar-refractivity contribution is -0.119. The van der Waals surface area contributed by atoms with Crippen molar-refractivity contribution in [3.05, 3.63) is 228 Å². The van der Waals surface area contributed by atoms with Gasteiger partial charge in [-0.1, -0.05) is 149 Å². The number of halogens is 1. The first-order valence-corrected chi connectivity index (χ1v) is 39.3. The van der Waals surface area contributed by atoms with Crippen LogP contribution in [0.5, 0.6) is 11.5 Å². The quantitative estimate of drug-likeness (QED) is 0.0220. The number of nitrogens with one attached hydrogen (secondary N) is 4. The number of carbonyl (C=O) groups is 2. The molecule has 5 atom stereocenters. The van der Waals surface area contributed by atoms with Gasteiger partial charge in [-0.3, -0.25) is 24.7 Å². The summed E-state index contributed by atoms with van der Waals surface area (Å²) in [5, 5.41) is 25.8. The number of benzene rings is 6. The van der Waals surface area contributed by atoms with Crippen molar-refractivity contribution in [3.63, 3.8) is 0 Å². The number of nitrogen functional groups attached to an aromatic ring is 1. The van der Waals surface area contributed by atoms with E-state index >= 15 is 0 Å². The first-order valence-electron chi connectivity index (χ1n) is 37.6. The highest BCUT2D eigenvalue weighted by Gasteiger charge is 2.27.